The van der Waals surface area contributed by atoms with Crippen LogP contribution in [0.2, 0.25) is 0 Å². The molecule has 0 aliphatic rings. The van der Waals surface area contributed by atoms with Gasteiger partial charge in [-0.3, -0.25) is 9.48 Å². The third kappa shape index (κ3) is 3.14. The van der Waals surface area contributed by atoms with Crippen molar-refractivity contribution < 1.29 is 18.0 Å². The van der Waals surface area contributed by atoms with Gasteiger partial charge in [0.25, 0.3) is 5.91 Å². The van der Waals surface area contributed by atoms with Crippen molar-refractivity contribution in [2.75, 3.05) is 0 Å². The molecule has 0 bridgehead atoms. The standard InChI is InChI=1S/C16H14F3N3OS/c1-9-12-7-13(24-15(12)22(2)21-9)14(23)20-8-10-3-5-11(6-4-10)16(17,18)19/h3-7H,8H2,1-2H3,(H,20,23). The number of aromatic nitrogens is 2. The third-order valence-electron chi connectivity index (χ3n) is 3.65. The summed E-state index contributed by atoms with van der Waals surface area (Å²) in [5, 5.41) is 7.93. The van der Waals surface area contributed by atoms with Crippen molar-refractivity contribution in [2.45, 2.75) is 19.6 Å². The monoisotopic (exact) mass is 353 g/mol. The number of halogens is 3. The van der Waals surface area contributed by atoms with E-state index in [1.165, 1.54) is 23.5 Å². The third-order valence-corrected chi connectivity index (χ3v) is 4.85. The van der Waals surface area contributed by atoms with Gasteiger partial charge in [0.1, 0.15) is 4.83 Å². The van der Waals surface area contributed by atoms with Crippen molar-refractivity contribution in [2.24, 2.45) is 7.05 Å². The summed E-state index contributed by atoms with van der Waals surface area (Å²) >= 11 is 1.33. The van der Waals surface area contributed by atoms with E-state index in [1.54, 1.807) is 10.7 Å². The lowest BCUT2D eigenvalue weighted by Crippen LogP contribution is -2.21. The Morgan fingerprint density at radius 3 is 2.54 bits per heavy atom. The van der Waals surface area contributed by atoms with Crippen LogP contribution < -0.4 is 5.32 Å². The number of alkyl halides is 3. The molecule has 0 unspecified atom stereocenters. The van der Waals surface area contributed by atoms with Gasteiger partial charge in [0.05, 0.1) is 16.1 Å². The van der Waals surface area contributed by atoms with E-state index < -0.39 is 11.7 Å². The van der Waals surface area contributed by atoms with Gasteiger partial charge in [0.15, 0.2) is 0 Å². The van der Waals surface area contributed by atoms with Gasteiger partial charge in [-0.25, -0.2) is 0 Å². The average Bonchev–Trinajstić information content (AvgIpc) is 3.07. The lowest BCUT2D eigenvalue weighted by Gasteiger charge is -2.08. The smallest absolute Gasteiger partial charge is 0.347 e. The Labute approximate surface area is 139 Å². The molecule has 2 aromatic heterocycles. The van der Waals surface area contributed by atoms with Crippen LogP contribution in [0.5, 0.6) is 0 Å². The van der Waals surface area contributed by atoms with Crippen molar-refractivity contribution in [3.8, 4) is 0 Å². The number of nitrogens with zero attached hydrogens (tertiary/aromatic N) is 2. The second-order valence-electron chi connectivity index (χ2n) is 5.42. The summed E-state index contributed by atoms with van der Waals surface area (Å²) in [5.41, 5.74) is 0.755. The number of amides is 1. The molecule has 0 radical (unpaired) electrons. The maximum absolute atomic E-state index is 12.5. The van der Waals surface area contributed by atoms with Crippen LogP contribution in [-0.4, -0.2) is 15.7 Å². The minimum absolute atomic E-state index is 0.169. The van der Waals surface area contributed by atoms with Gasteiger partial charge in [0.2, 0.25) is 0 Å². The number of carbonyl (C=O) groups excluding carboxylic acids is 1. The van der Waals surface area contributed by atoms with E-state index >= 15 is 0 Å². The van der Waals surface area contributed by atoms with Crippen LogP contribution in [0.3, 0.4) is 0 Å². The number of benzene rings is 1. The van der Waals surface area contributed by atoms with Gasteiger partial charge < -0.3 is 5.32 Å². The summed E-state index contributed by atoms with van der Waals surface area (Å²) in [6.07, 6.45) is -4.36. The van der Waals surface area contributed by atoms with Gasteiger partial charge in [-0.2, -0.15) is 18.3 Å². The fraction of sp³-hybridized carbons (Fsp3) is 0.250. The number of hydrogen-bond acceptors (Lipinski definition) is 3. The number of aryl methyl sites for hydroxylation is 2. The van der Waals surface area contributed by atoms with Crippen LogP contribution in [0.25, 0.3) is 10.2 Å². The molecule has 0 aliphatic heterocycles. The van der Waals surface area contributed by atoms with E-state index in [1.807, 2.05) is 14.0 Å². The lowest BCUT2D eigenvalue weighted by atomic mass is 10.1. The van der Waals surface area contributed by atoms with Crippen molar-refractivity contribution in [1.29, 1.82) is 0 Å². The molecule has 0 fully saturated rings. The van der Waals surface area contributed by atoms with E-state index in [2.05, 4.69) is 10.4 Å². The molecule has 3 aromatic rings. The Morgan fingerprint density at radius 1 is 1.29 bits per heavy atom. The van der Waals surface area contributed by atoms with Crippen molar-refractivity contribution in [3.05, 3.63) is 52.0 Å². The number of rotatable bonds is 3. The zero-order valence-electron chi connectivity index (χ0n) is 12.9. The van der Waals surface area contributed by atoms with Gasteiger partial charge in [-0.05, 0) is 30.7 Å². The molecule has 0 atom stereocenters. The van der Waals surface area contributed by atoms with Gasteiger partial charge in [0, 0.05) is 19.0 Å². The molecule has 1 N–H and O–H groups in total. The first-order chi connectivity index (χ1) is 11.3. The van der Waals surface area contributed by atoms with E-state index in [0.29, 0.717) is 10.4 Å². The molecule has 3 rings (SSSR count). The van der Waals surface area contributed by atoms with E-state index in [9.17, 15) is 18.0 Å². The highest BCUT2D eigenvalue weighted by Crippen LogP contribution is 2.29. The number of fused-ring (bicyclic) bond motifs is 1. The maximum atomic E-state index is 12.5. The Kier molecular flexibility index (Phi) is 4.08. The zero-order chi connectivity index (χ0) is 17.5. The fourth-order valence-corrected chi connectivity index (χ4v) is 3.44. The van der Waals surface area contributed by atoms with E-state index in [4.69, 9.17) is 0 Å². The minimum Gasteiger partial charge on any atom is -0.347 e. The van der Waals surface area contributed by atoms with Gasteiger partial charge in [-0.15, -0.1) is 11.3 Å². The molecular weight excluding hydrogens is 339 g/mol. The minimum atomic E-state index is -4.36. The molecule has 1 aromatic carbocycles. The van der Waals surface area contributed by atoms with Gasteiger partial charge >= 0.3 is 6.18 Å². The van der Waals surface area contributed by atoms with Crippen LogP contribution in [0, 0.1) is 6.92 Å². The Balaban J connectivity index is 1.69. The second-order valence-corrected chi connectivity index (χ2v) is 6.45. The van der Waals surface area contributed by atoms with E-state index in [0.717, 1.165) is 28.0 Å². The normalized spacial score (nSPS) is 11.9. The van der Waals surface area contributed by atoms with Gasteiger partial charge in [-0.1, -0.05) is 12.1 Å². The molecule has 24 heavy (non-hydrogen) atoms. The number of thiophene rings is 1. The molecule has 0 saturated carbocycles. The SMILES string of the molecule is Cc1nn(C)c2sc(C(=O)NCc3ccc(C(F)(F)F)cc3)cc12. The average molecular weight is 353 g/mol. The number of nitrogens with one attached hydrogen (secondary N) is 1. The summed E-state index contributed by atoms with van der Waals surface area (Å²) in [6.45, 7) is 2.04. The summed E-state index contributed by atoms with van der Waals surface area (Å²) in [4.78, 5) is 13.7. The van der Waals surface area contributed by atoms with Crippen LogP contribution in [0.1, 0.15) is 26.5 Å². The summed E-state index contributed by atoms with van der Waals surface area (Å²) < 4.78 is 39.3. The van der Waals surface area contributed by atoms with Crippen LogP contribution in [0.4, 0.5) is 13.2 Å². The molecule has 0 aliphatic carbocycles. The molecule has 2 heterocycles. The van der Waals surface area contributed by atoms with Crippen molar-refractivity contribution >= 4 is 27.5 Å². The zero-order valence-corrected chi connectivity index (χ0v) is 13.8. The second kappa shape index (κ2) is 5.94. The fourth-order valence-electron chi connectivity index (χ4n) is 2.40. The van der Waals surface area contributed by atoms with Crippen molar-refractivity contribution in [1.82, 2.24) is 15.1 Å². The molecule has 0 spiro atoms. The highest BCUT2D eigenvalue weighted by molar-refractivity contribution is 7.20. The lowest BCUT2D eigenvalue weighted by molar-refractivity contribution is -0.137. The predicted molar refractivity (Wildman–Crippen MR) is 85.9 cm³/mol. The Hall–Kier alpha value is -2.35. The van der Waals surface area contributed by atoms with Crippen LogP contribution in [-0.2, 0) is 19.8 Å². The first kappa shape index (κ1) is 16.5. The molecule has 8 heteroatoms. The Morgan fingerprint density at radius 2 is 1.96 bits per heavy atom. The quantitative estimate of drug-likeness (QED) is 0.776. The van der Waals surface area contributed by atoms with Crippen molar-refractivity contribution in [3.63, 3.8) is 0 Å². The summed E-state index contributed by atoms with van der Waals surface area (Å²) in [6, 6.07) is 6.53. The highest BCUT2D eigenvalue weighted by atomic mass is 32.1. The topological polar surface area (TPSA) is 46.9 Å². The molecule has 1 amide bonds. The Bertz CT molecular complexity index is 859. The summed E-state index contributed by atoms with van der Waals surface area (Å²) in [5.74, 6) is -0.254. The molecule has 126 valence electrons. The predicted octanol–water partition coefficient (Wildman–Crippen LogP) is 3.89. The molecule has 4 nitrogen and oxygen atoms in total. The first-order valence-electron chi connectivity index (χ1n) is 7.13. The molecular formula is C16H14F3N3OS. The van der Waals surface area contributed by atoms with Crippen LogP contribution in [0.15, 0.2) is 30.3 Å². The largest absolute Gasteiger partial charge is 0.416 e. The molecule has 0 saturated heterocycles. The summed E-state index contributed by atoms with van der Waals surface area (Å²) in [7, 11) is 1.82. The maximum Gasteiger partial charge on any atom is 0.416 e. The van der Waals surface area contributed by atoms with E-state index in [-0.39, 0.29) is 12.5 Å². The number of hydrogen-bond donors (Lipinski definition) is 1. The van der Waals surface area contributed by atoms with Crippen LogP contribution >= 0.6 is 11.3 Å². The highest BCUT2D eigenvalue weighted by Gasteiger charge is 2.29. The first-order valence-corrected chi connectivity index (χ1v) is 7.95. The number of carbonyl (C=O) groups is 1.